The van der Waals surface area contributed by atoms with Gasteiger partial charge < -0.3 is 14.6 Å². The molecule has 1 aromatic heterocycles. The second kappa shape index (κ2) is 7.18. The maximum atomic E-state index is 13.1. The van der Waals surface area contributed by atoms with E-state index in [2.05, 4.69) is 5.32 Å². The van der Waals surface area contributed by atoms with Crippen molar-refractivity contribution in [3.63, 3.8) is 0 Å². The number of benzene rings is 1. The van der Waals surface area contributed by atoms with Crippen LogP contribution in [0.15, 0.2) is 47.3 Å². The largest absolute Gasteiger partial charge is 0.472 e. The summed E-state index contributed by atoms with van der Waals surface area (Å²) < 4.78 is 18.0. The molecule has 2 fully saturated rings. The van der Waals surface area contributed by atoms with Crippen molar-refractivity contribution in [1.82, 2.24) is 10.2 Å². The van der Waals surface area contributed by atoms with E-state index in [1.54, 1.807) is 23.1 Å². The van der Waals surface area contributed by atoms with Gasteiger partial charge in [-0.15, -0.1) is 0 Å². The van der Waals surface area contributed by atoms with Crippen molar-refractivity contribution < 1.29 is 18.4 Å². The number of carbonyl (C=O) groups excluding carboxylic acids is 2. The Bertz CT molecular complexity index is 804. The van der Waals surface area contributed by atoms with Crippen LogP contribution in [-0.2, 0) is 11.2 Å². The highest BCUT2D eigenvalue weighted by Gasteiger charge is 2.50. The second-order valence-electron chi connectivity index (χ2n) is 7.64. The number of rotatable bonds is 5. The van der Waals surface area contributed by atoms with E-state index in [0.717, 1.165) is 31.2 Å². The first kappa shape index (κ1) is 17.8. The third kappa shape index (κ3) is 3.89. The van der Waals surface area contributed by atoms with E-state index in [0.29, 0.717) is 25.1 Å². The summed E-state index contributed by atoms with van der Waals surface area (Å²) in [4.78, 5) is 26.9. The van der Waals surface area contributed by atoms with Gasteiger partial charge in [0.2, 0.25) is 5.91 Å². The van der Waals surface area contributed by atoms with E-state index in [-0.39, 0.29) is 29.1 Å². The molecule has 2 aromatic rings. The maximum absolute atomic E-state index is 13.1. The summed E-state index contributed by atoms with van der Waals surface area (Å²) in [7, 11) is 0. The lowest BCUT2D eigenvalue weighted by Crippen LogP contribution is -2.48. The Hall–Kier alpha value is -2.63. The lowest BCUT2D eigenvalue weighted by Gasteiger charge is -2.33. The molecule has 1 saturated heterocycles. The minimum absolute atomic E-state index is 0.0245. The van der Waals surface area contributed by atoms with Crippen LogP contribution < -0.4 is 5.32 Å². The van der Waals surface area contributed by atoms with E-state index < -0.39 is 0 Å². The van der Waals surface area contributed by atoms with Gasteiger partial charge in [0.05, 0.1) is 17.2 Å². The monoisotopic (exact) mass is 370 g/mol. The van der Waals surface area contributed by atoms with Gasteiger partial charge in [-0.3, -0.25) is 9.59 Å². The Morgan fingerprint density at radius 3 is 2.44 bits per heavy atom. The number of likely N-dealkylation sites (tertiary alicyclic amines) is 1. The molecule has 2 heterocycles. The molecule has 0 atom stereocenters. The Morgan fingerprint density at radius 1 is 1.15 bits per heavy atom. The molecule has 1 saturated carbocycles. The zero-order valence-corrected chi connectivity index (χ0v) is 15.1. The van der Waals surface area contributed by atoms with Gasteiger partial charge >= 0.3 is 0 Å². The molecule has 1 N–H and O–H groups in total. The van der Waals surface area contributed by atoms with Crippen molar-refractivity contribution in [2.24, 2.45) is 5.41 Å². The summed E-state index contributed by atoms with van der Waals surface area (Å²) in [6, 6.07) is 8.15. The summed E-state index contributed by atoms with van der Waals surface area (Å²) in [5.41, 5.74) is 1.21. The third-order valence-corrected chi connectivity index (χ3v) is 5.68. The molecule has 0 unspecified atom stereocenters. The first-order chi connectivity index (χ1) is 13.1. The van der Waals surface area contributed by atoms with Gasteiger partial charge in [0, 0.05) is 19.1 Å². The second-order valence-corrected chi connectivity index (χ2v) is 7.64. The summed E-state index contributed by atoms with van der Waals surface area (Å²) >= 11 is 0. The normalized spacial score (nSPS) is 18.9. The number of amides is 2. The molecular formula is C21H23FN2O3. The first-order valence-electron chi connectivity index (χ1n) is 9.43. The van der Waals surface area contributed by atoms with Crippen molar-refractivity contribution in [2.45, 2.75) is 38.1 Å². The molecule has 0 radical (unpaired) electrons. The summed E-state index contributed by atoms with van der Waals surface area (Å²) in [5, 5.41) is 3.18. The van der Waals surface area contributed by atoms with Crippen LogP contribution in [-0.4, -0.2) is 35.8 Å². The van der Waals surface area contributed by atoms with E-state index >= 15 is 0 Å². The van der Waals surface area contributed by atoms with Gasteiger partial charge in [0.15, 0.2) is 0 Å². The predicted molar refractivity (Wildman–Crippen MR) is 97.5 cm³/mol. The van der Waals surface area contributed by atoms with Crippen molar-refractivity contribution >= 4 is 11.8 Å². The van der Waals surface area contributed by atoms with Gasteiger partial charge in [0.25, 0.3) is 5.91 Å². The van der Waals surface area contributed by atoms with Crippen LogP contribution in [0.4, 0.5) is 4.39 Å². The first-order valence-corrected chi connectivity index (χ1v) is 9.43. The number of carbonyl (C=O) groups is 2. The Morgan fingerprint density at radius 2 is 1.85 bits per heavy atom. The van der Waals surface area contributed by atoms with Crippen LogP contribution in [0.5, 0.6) is 0 Å². The fourth-order valence-electron chi connectivity index (χ4n) is 3.76. The molecular weight excluding hydrogens is 347 g/mol. The highest BCUT2D eigenvalue weighted by atomic mass is 19.1. The SMILES string of the molecule is O=C(c1ccoc1)N1CCC(NC(=O)C2(Cc3ccc(F)cc3)CC2)CC1. The molecule has 4 rings (SSSR count). The minimum atomic E-state index is -0.346. The third-order valence-electron chi connectivity index (χ3n) is 5.68. The average Bonchev–Trinajstić information content (AvgIpc) is 3.25. The lowest BCUT2D eigenvalue weighted by molar-refractivity contribution is -0.127. The van der Waals surface area contributed by atoms with Crippen molar-refractivity contribution in [3.05, 3.63) is 59.8 Å². The fraction of sp³-hybridized carbons (Fsp3) is 0.429. The van der Waals surface area contributed by atoms with Crippen LogP contribution in [0.3, 0.4) is 0 Å². The van der Waals surface area contributed by atoms with Crippen LogP contribution in [0.25, 0.3) is 0 Å². The molecule has 1 aliphatic carbocycles. The molecule has 5 nitrogen and oxygen atoms in total. The smallest absolute Gasteiger partial charge is 0.257 e. The zero-order chi connectivity index (χ0) is 18.9. The van der Waals surface area contributed by atoms with Crippen LogP contribution >= 0.6 is 0 Å². The Kier molecular flexibility index (Phi) is 4.72. The molecule has 1 aromatic carbocycles. The molecule has 0 spiro atoms. The molecule has 142 valence electrons. The van der Waals surface area contributed by atoms with Crippen molar-refractivity contribution in [3.8, 4) is 0 Å². The van der Waals surface area contributed by atoms with E-state index in [1.807, 2.05) is 0 Å². The average molecular weight is 370 g/mol. The zero-order valence-electron chi connectivity index (χ0n) is 15.1. The van der Waals surface area contributed by atoms with Gasteiger partial charge in [-0.25, -0.2) is 4.39 Å². The number of furan rings is 1. The molecule has 0 bridgehead atoms. The van der Waals surface area contributed by atoms with E-state index in [4.69, 9.17) is 4.42 Å². The van der Waals surface area contributed by atoms with Crippen molar-refractivity contribution in [2.75, 3.05) is 13.1 Å². The summed E-state index contributed by atoms with van der Waals surface area (Å²) in [6.45, 7) is 1.25. The quantitative estimate of drug-likeness (QED) is 0.879. The minimum Gasteiger partial charge on any atom is -0.472 e. The molecule has 27 heavy (non-hydrogen) atoms. The van der Waals surface area contributed by atoms with E-state index in [9.17, 15) is 14.0 Å². The Labute approximate surface area is 157 Å². The maximum Gasteiger partial charge on any atom is 0.257 e. The molecule has 2 amide bonds. The van der Waals surface area contributed by atoms with E-state index in [1.165, 1.54) is 24.7 Å². The highest BCUT2D eigenvalue weighted by molar-refractivity contribution is 5.94. The number of hydrogen-bond acceptors (Lipinski definition) is 3. The van der Waals surface area contributed by atoms with Crippen LogP contribution in [0, 0.1) is 11.2 Å². The van der Waals surface area contributed by atoms with Crippen LogP contribution in [0.2, 0.25) is 0 Å². The van der Waals surface area contributed by atoms with Gasteiger partial charge in [-0.1, -0.05) is 12.1 Å². The lowest BCUT2D eigenvalue weighted by atomic mass is 9.94. The van der Waals surface area contributed by atoms with Gasteiger partial charge in [0.1, 0.15) is 12.1 Å². The number of halogens is 1. The predicted octanol–water partition coefficient (Wildman–Crippen LogP) is 3.16. The van der Waals surface area contributed by atoms with Crippen molar-refractivity contribution in [1.29, 1.82) is 0 Å². The highest BCUT2D eigenvalue weighted by Crippen LogP contribution is 2.48. The number of nitrogens with one attached hydrogen (secondary N) is 1. The summed E-state index contributed by atoms with van der Waals surface area (Å²) in [6.07, 6.45) is 6.85. The van der Waals surface area contributed by atoms with Crippen LogP contribution in [0.1, 0.15) is 41.6 Å². The molecule has 6 heteroatoms. The molecule has 1 aliphatic heterocycles. The van der Waals surface area contributed by atoms with Gasteiger partial charge in [-0.2, -0.15) is 0 Å². The fourth-order valence-corrected chi connectivity index (χ4v) is 3.76. The number of hydrogen-bond donors (Lipinski definition) is 1. The van der Waals surface area contributed by atoms with Gasteiger partial charge in [-0.05, 0) is 55.9 Å². The number of nitrogens with zero attached hydrogens (tertiary/aromatic N) is 1. The topological polar surface area (TPSA) is 62.6 Å². The standard InChI is InChI=1S/C21H23FN2O3/c22-17-3-1-15(2-4-17)13-21(8-9-21)20(26)23-18-5-10-24(11-6-18)19(25)16-7-12-27-14-16/h1-4,7,12,14,18H,5-6,8-11,13H2,(H,23,26). The Balaban J connectivity index is 1.29. The molecule has 2 aliphatic rings. The number of piperidine rings is 1. The summed E-state index contributed by atoms with van der Waals surface area (Å²) in [5.74, 6) is -0.195.